The monoisotopic (exact) mass is 281 g/mol. The third-order valence-electron chi connectivity index (χ3n) is 4.36. The molecule has 0 unspecified atom stereocenters. The molecule has 114 valence electrons. The van der Waals surface area contributed by atoms with E-state index in [0.29, 0.717) is 0 Å². The summed E-state index contributed by atoms with van der Waals surface area (Å²) in [4.78, 5) is 0. The van der Waals surface area contributed by atoms with E-state index < -0.39 is 0 Å². The standard InChI is InChI=1S/C17H28FNO/c1-5-17(6-2,13-19-9-10-20-4)12-15-11-16(18)8-7-14(15)3/h7-8,11,19H,5-6,9-10,12-13H2,1-4H3. The molecule has 0 aliphatic carbocycles. The second-order valence-electron chi connectivity index (χ2n) is 5.62. The molecular formula is C17H28FNO. The fraction of sp³-hybridized carbons (Fsp3) is 0.647. The zero-order chi connectivity index (χ0) is 15.0. The molecule has 0 amide bonds. The molecule has 3 heteroatoms. The molecule has 1 N–H and O–H groups in total. The molecule has 0 aromatic heterocycles. The van der Waals surface area contributed by atoms with Gasteiger partial charge in [-0.1, -0.05) is 19.9 Å². The maximum Gasteiger partial charge on any atom is 0.123 e. The molecule has 0 fully saturated rings. The van der Waals surface area contributed by atoms with Crippen molar-refractivity contribution in [2.45, 2.75) is 40.0 Å². The van der Waals surface area contributed by atoms with E-state index in [0.717, 1.165) is 44.5 Å². The van der Waals surface area contributed by atoms with E-state index in [-0.39, 0.29) is 11.2 Å². The summed E-state index contributed by atoms with van der Waals surface area (Å²) in [5.41, 5.74) is 2.49. The van der Waals surface area contributed by atoms with Gasteiger partial charge in [-0.15, -0.1) is 0 Å². The normalized spacial score (nSPS) is 11.8. The van der Waals surface area contributed by atoms with Crippen LogP contribution < -0.4 is 5.32 Å². The summed E-state index contributed by atoms with van der Waals surface area (Å²) in [6, 6.07) is 5.10. The average Bonchev–Trinajstić information content (AvgIpc) is 2.46. The summed E-state index contributed by atoms with van der Waals surface area (Å²) in [5.74, 6) is -0.140. The Labute approximate surface area is 122 Å². The highest BCUT2D eigenvalue weighted by molar-refractivity contribution is 5.27. The van der Waals surface area contributed by atoms with Gasteiger partial charge >= 0.3 is 0 Å². The Morgan fingerprint density at radius 2 is 1.95 bits per heavy atom. The van der Waals surface area contributed by atoms with Crippen LogP contribution in [0, 0.1) is 18.2 Å². The van der Waals surface area contributed by atoms with Crippen LogP contribution in [0.15, 0.2) is 18.2 Å². The minimum Gasteiger partial charge on any atom is -0.383 e. The third kappa shape index (κ3) is 4.88. The third-order valence-corrected chi connectivity index (χ3v) is 4.36. The topological polar surface area (TPSA) is 21.3 Å². The summed E-state index contributed by atoms with van der Waals surface area (Å²) in [5, 5.41) is 3.46. The molecule has 0 radical (unpaired) electrons. The van der Waals surface area contributed by atoms with Crippen LogP contribution >= 0.6 is 0 Å². The van der Waals surface area contributed by atoms with E-state index in [9.17, 15) is 4.39 Å². The largest absolute Gasteiger partial charge is 0.383 e. The lowest BCUT2D eigenvalue weighted by molar-refractivity contribution is 0.185. The summed E-state index contributed by atoms with van der Waals surface area (Å²) in [6.07, 6.45) is 3.09. The first-order valence-corrected chi connectivity index (χ1v) is 7.51. The van der Waals surface area contributed by atoms with Crippen LogP contribution in [0.3, 0.4) is 0 Å². The first-order chi connectivity index (χ1) is 9.56. The van der Waals surface area contributed by atoms with Gasteiger partial charge in [0.05, 0.1) is 6.61 Å². The Morgan fingerprint density at radius 1 is 1.25 bits per heavy atom. The van der Waals surface area contributed by atoms with Crippen molar-refractivity contribution in [2.75, 3.05) is 26.8 Å². The van der Waals surface area contributed by atoms with Crippen LogP contribution in [0.2, 0.25) is 0 Å². The van der Waals surface area contributed by atoms with Gasteiger partial charge in [-0.3, -0.25) is 0 Å². The Balaban J connectivity index is 2.76. The molecule has 0 bridgehead atoms. The quantitative estimate of drug-likeness (QED) is 0.697. The Hall–Kier alpha value is -0.930. The predicted molar refractivity (Wildman–Crippen MR) is 82.6 cm³/mol. The van der Waals surface area contributed by atoms with Crippen LogP contribution in [0.25, 0.3) is 0 Å². The molecule has 1 aromatic rings. The van der Waals surface area contributed by atoms with Crippen molar-refractivity contribution in [3.8, 4) is 0 Å². The van der Waals surface area contributed by atoms with Crippen LogP contribution in [-0.2, 0) is 11.2 Å². The first kappa shape index (κ1) is 17.1. The van der Waals surface area contributed by atoms with Crippen molar-refractivity contribution >= 4 is 0 Å². The molecule has 1 aromatic carbocycles. The molecular weight excluding hydrogens is 253 g/mol. The van der Waals surface area contributed by atoms with Gasteiger partial charge in [-0.05, 0) is 54.9 Å². The van der Waals surface area contributed by atoms with Crippen molar-refractivity contribution < 1.29 is 9.13 Å². The number of ether oxygens (including phenoxy) is 1. The van der Waals surface area contributed by atoms with E-state index in [1.165, 1.54) is 11.6 Å². The first-order valence-electron chi connectivity index (χ1n) is 7.51. The van der Waals surface area contributed by atoms with Gasteiger partial charge in [0.25, 0.3) is 0 Å². The minimum absolute atomic E-state index is 0.140. The SMILES string of the molecule is CCC(CC)(CNCCOC)Cc1cc(F)ccc1C. The van der Waals surface area contributed by atoms with Gasteiger partial charge in [-0.25, -0.2) is 4.39 Å². The summed E-state index contributed by atoms with van der Waals surface area (Å²) < 4.78 is 18.5. The number of methoxy groups -OCH3 is 1. The van der Waals surface area contributed by atoms with E-state index in [4.69, 9.17) is 4.74 Å². The van der Waals surface area contributed by atoms with Crippen LogP contribution in [-0.4, -0.2) is 26.8 Å². The number of aryl methyl sites for hydroxylation is 1. The molecule has 1 rings (SSSR count). The second-order valence-corrected chi connectivity index (χ2v) is 5.62. The molecule has 0 aliphatic heterocycles. The van der Waals surface area contributed by atoms with Crippen LogP contribution in [0.4, 0.5) is 4.39 Å². The fourth-order valence-electron chi connectivity index (χ4n) is 2.57. The Kier molecular flexibility index (Phi) is 7.17. The summed E-state index contributed by atoms with van der Waals surface area (Å²) in [6.45, 7) is 9.03. The van der Waals surface area contributed by atoms with Gasteiger partial charge in [0.2, 0.25) is 0 Å². The van der Waals surface area contributed by atoms with E-state index in [1.54, 1.807) is 13.2 Å². The average molecular weight is 281 g/mol. The van der Waals surface area contributed by atoms with Crippen LogP contribution in [0.5, 0.6) is 0 Å². The number of rotatable bonds is 9. The predicted octanol–water partition coefficient (Wildman–Crippen LogP) is 3.72. The fourth-order valence-corrected chi connectivity index (χ4v) is 2.57. The van der Waals surface area contributed by atoms with Gasteiger partial charge in [0.1, 0.15) is 5.82 Å². The number of nitrogens with one attached hydrogen (secondary N) is 1. The maximum absolute atomic E-state index is 13.5. The van der Waals surface area contributed by atoms with Crippen LogP contribution in [0.1, 0.15) is 37.8 Å². The maximum atomic E-state index is 13.5. The lowest BCUT2D eigenvalue weighted by Gasteiger charge is -2.33. The Morgan fingerprint density at radius 3 is 2.55 bits per heavy atom. The van der Waals surface area contributed by atoms with Gasteiger partial charge in [-0.2, -0.15) is 0 Å². The van der Waals surface area contributed by atoms with Crippen molar-refractivity contribution in [2.24, 2.45) is 5.41 Å². The van der Waals surface area contributed by atoms with Crippen molar-refractivity contribution in [3.63, 3.8) is 0 Å². The van der Waals surface area contributed by atoms with Gasteiger partial charge in [0.15, 0.2) is 0 Å². The number of hydrogen-bond donors (Lipinski definition) is 1. The zero-order valence-electron chi connectivity index (χ0n) is 13.3. The highest BCUT2D eigenvalue weighted by atomic mass is 19.1. The van der Waals surface area contributed by atoms with E-state index in [2.05, 4.69) is 26.1 Å². The minimum atomic E-state index is -0.140. The molecule has 0 aliphatic rings. The van der Waals surface area contributed by atoms with Gasteiger partial charge in [0, 0.05) is 20.2 Å². The smallest absolute Gasteiger partial charge is 0.123 e. The van der Waals surface area contributed by atoms with E-state index >= 15 is 0 Å². The number of benzene rings is 1. The van der Waals surface area contributed by atoms with Crippen molar-refractivity contribution in [1.29, 1.82) is 0 Å². The molecule has 2 nitrogen and oxygen atoms in total. The number of halogens is 1. The van der Waals surface area contributed by atoms with Gasteiger partial charge < -0.3 is 10.1 Å². The Bertz CT molecular complexity index is 402. The molecule has 0 saturated heterocycles. The van der Waals surface area contributed by atoms with E-state index in [1.807, 2.05) is 6.07 Å². The zero-order valence-corrected chi connectivity index (χ0v) is 13.3. The summed E-state index contributed by atoms with van der Waals surface area (Å²) >= 11 is 0. The van der Waals surface area contributed by atoms with Crippen molar-refractivity contribution in [3.05, 3.63) is 35.1 Å². The lowest BCUT2D eigenvalue weighted by Crippen LogP contribution is -2.37. The molecule has 0 atom stereocenters. The molecule has 0 spiro atoms. The molecule has 20 heavy (non-hydrogen) atoms. The lowest BCUT2D eigenvalue weighted by atomic mass is 9.76. The number of hydrogen-bond acceptors (Lipinski definition) is 2. The summed E-state index contributed by atoms with van der Waals surface area (Å²) in [7, 11) is 1.71. The molecule has 0 heterocycles. The highest BCUT2D eigenvalue weighted by Crippen LogP contribution is 2.31. The second kappa shape index (κ2) is 8.38. The highest BCUT2D eigenvalue weighted by Gasteiger charge is 2.26. The molecule has 0 saturated carbocycles. The van der Waals surface area contributed by atoms with Crippen molar-refractivity contribution in [1.82, 2.24) is 5.32 Å².